The van der Waals surface area contributed by atoms with Gasteiger partial charge in [-0.3, -0.25) is 0 Å². The summed E-state index contributed by atoms with van der Waals surface area (Å²) >= 11 is 0. The lowest BCUT2D eigenvalue weighted by Gasteiger charge is -2.45. The summed E-state index contributed by atoms with van der Waals surface area (Å²) in [6.07, 6.45) is 0. The van der Waals surface area contributed by atoms with E-state index in [0.717, 1.165) is 6.54 Å². The van der Waals surface area contributed by atoms with Crippen LogP contribution in [-0.2, 0) is 0 Å². The second kappa shape index (κ2) is 3.94. The molecule has 2 heteroatoms. The summed E-state index contributed by atoms with van der Waals surface area (Å²) < 4.78 is 0. The summed E-state index contributed by atoms with van der Waals surface area (Å²) in [6, 6.07) is 0. The summed E-state index contributed by atoms with van der Waals surface area (Å²) in [5.74, 6) is 0. The zero-order chi connectivity index (χ0) is 8.20. The molecule has 1 aliphatic rings. The molecule has 2 N–H and O–H groups in total. The van der Waals surface area contributed by atoms with Crippen LogP contribution in [0.4, 0.5) is 0 Å². The Morgan fingerprint density at radius 1 is 1.40 bits per heavy atom. The van der Waals surface area contributed by atoms with Crippen LogP contribution in [0, 0.1) is 5.41 Å². The van der Waals surface area contributed by atoms with Gasteiger partial charge in [-0.1, -0.05) is 20.8 Å². The van der Waals surface area contributed by atoms with Gasteiger partial charge in [-0.05, 0) is 7.05 Å². The molecular formula is C8H20N2. The summed E-state index contributed by atoms with van der Waals surface area (Å²) in [5.41, 5.74) is 5.94. The number of nitrogens with zero attached hydrogens (tertiary/aromatic N) is 1. The fourth-order valence-electron chi connectivity index (χ4n) is 1.39. The first-order valence-electron chi connectivity index (χ1n) is 4.05. The van der Waals surface area contributed by atoms with Crippen molar-refractivity contribution in [3.63, 3.8) is 0 Å². The zero-order valence-corrected chi connectivity index (χ0v) is 7.65. The Morgan fingerprint density at radius 3 is 1.90 bits per heavy atom. The van der Waals surface area contributed by atoms with Crippen LogP contribution in [0.2, 0.25) is 0 Å². The molecule has 0 aromatic heterocycles. The molecule has 0 aromatic rings. The maximum absolute atomic E-state index is 5.50. The fraction of sp³-hybridized carbons (Fsp3) is 1.00. The normalized spacial score (nSPS) is 22.5. The van der Waals surface area contributed by atoms with E-state index in [1.54, 1.807) is 0 Å². The maximum atomic E-state index is 5.50. The standard InChI is InChI=1S/C6H14N2.C2H6/c1-6(3-7)4-8(2)5-6;1-2/h3-5,7H2,1-2H3;1-2H3. The molecule has 0 amide bonds. The lowest BCUT2D eigenvalue weighted by atomic mass is 9.83. The van der Waals surface area contributed by atoms with Gasteiger partial charge in [0.1, 0.15) is 0 Å². The van der Waals surface area contributed by atoms with Gasteiger partial charge in [-0.2, -0.15) is 0 Å². The quantitative estimate of drug-likeness (QED) is 0.593. The average Bonchev–Trinajstić information content (AvgIpc) is 1.90. The molecule has 0 atom stereocenters. The highest BCUT2D eigenvalue weighted by Crippen LogP contribution is 2.25. The molecule has 0 spiro atoms. The van der Waals surface area contributed by atoms with E-state index in [1.165, 1.54) is 13.1 Å². The smallest absolute Gasteiger partial charge is 0.00569 e. The van der Waals surface area contributed by atoms with Crippen LogP contribution < -0.4 is 5.73 Å². The zero-order valence-electron chi connectivity index (χ0n) is 7.65. The van der Waals surface area contributed by atoms with Crippen molar-refractivity contribution in [3.05, 3.63) is 0 Å². The lowest BCUT2D eigenvalue weighted by Crippen LogP contribution is -2.56. The first-order valence-corrected chi connectivity index (χ1v) is 4.05. The molecule has 10 heavy (non-hydrogen) atoms. The SMILES string of the molecule is CC.CN1CC(C)(CN)C1. The largest absolute Gasteiger partial charge is 0.330 e. The van der Waals surface area contributed by atoms with Crippen molar-refractivity contribution in [2.75, 3.05) is 26.7 Å². The van der Waals surface area contributed by atoms with Crippen LogP contribution in [0.25, 0.3) is 0 Å². The third-order valence-corrected chi connectivity index (χ3v) is 1.80. The van der Waals surface area contributed by atoms with E-state index >= 15 is 0 Å². The molecule has 0 radical (unpaired) electrons. The third-order valence-electron chi connectivity index (χ3n) is 1.80. The second-order valence-electron chi connectivity index (χ2n) is 3.19. The lowest BCUT2D eigenvalue weighted by molar-refractivity contribution is 0.0476. The van der Waals surface area contributed by atoms with Crippen molar-refractivity contribution >= 4 is 0 Å². The highest BCUT2D eigenvalue weighted by molar-refractivity contribution is 4.89. The molecule has 1 fully saturated rings. The molecule has 0 unspecified atom stereocenters. The van der Waals surface area contributed by atoms with Gasteiger partial charge < -0.3 is 10.6 Å². The van der Waals surface area contributed by atoms with Gasteiger partial charge >= 0.3 is 0 Å². The van der Waals surface area contributed by atoms with Crippen LogP contribution in [-0.4, -0.2) is 31.6 Å². The Labute approximate surface area is 64.4 Å². The first kappa shape index (κ1) is 9.92. The molecule has 0 aromatic carbocycles. The van der Waals surface area contributed by atoms with Crippen LogP contribution >= 0.6 is 0 Å². The highest BCUT2D eigenvalue weighted by Gasteiger charge is 2.34. The summed E-state index contributed by atoms with van der Waals surface area (Å²) in [5, 5.41) is 0. The van der Waals surface area contributed by atoms with E-state index in [9.17, 15) is 0 Å². The molecule has 1 aliphatic heterocycles. The summed E-state index contributed by atoms with van der Waals surface area (Å²) in [4.78, 5) is 2.28. The van der Waals surface area contributed by atoms with Crippen molar-refractivity contribution in [1.82, 2.24) is 4.90 Å². The Morgan fingerprint density at radius 2 is 1.80 bits per heavy atom. The summed E-state index contributed by atoms with van der Waals surface area (Å²) in [6.45, 7) is 9.40. The predicted molar refractivity (Wildman–Crippen MR) is 46.0 cm³/mol. The van der Waals surface area contributed by atoms with E-state index in [0.29, 0.717) is 5.41 Å². The van der Waals surface area contributed by atoms with E-state index in [-0.39, 0.29) is 0 Å². The van der Waals surface area contributed by atoms with Crippen molar-refractivity contribution in [2.24, 2.45) is 11.1 Å². The number of nitrogens with two attached hydrogens (primary N) is 1. The predicted octanol–water partition coefficient (Wildman–Crippen LogP) is 0.923. The van der Waals surface area contributed by atoms with Gasteiger partial charge in [0.15, 0.2) is 0 Å². The fourth-order valence-corrected chi connectivity index (χ4v) is 1.39. The van der Waals surface area contributed by atoms with E-state index in [2.05, 4.69) is 18.9 Å². The van der Waals surface area contributed by atoms with Gasteiger partial charge in [-0.15, -0.1) is 0 Å². The van der Waals surface area contributed by atoms with Crippen molar-refractivity contribution in [2.45, 2.75) is 20.8 Å². The maximum Gasteiger partial charge on any atom is 0.00569 e. The molecule has 0 aliphatic carbocycles. The van der Waals surface area contributed by atoms with Gasteiger partial charge in [0.2, 0.25) is 0 Å². The van der Waals surface area contributed by atoms with Gasteiger partial charge in [-0.25, -0.2) is 0 Å². The van der Waals surface area contributed by atoms with Crippen LogP contribution in [0.3, 0.4) is 0 Å². The number of hydrogen-bond donors (Lipinski definition) is 1. The Bertz CT molecular complexity index is 85.3. The van der Waals surface area contributed by atoms with Crippen LogP contribution in [0.15, 0.2) is 0 Å². The van der Waals surface area contributed by atoms with Gasteiger partial charge in [0.05, 0.1) is 0 Å². The summed E-state index contributed by atoms with van der Waals surface area (Å²) in [7, 11) is 2.12. The molecule has 2 nitrogen and oxygen atoms in total. The molecule has 1 saturated heterocycles. The van der Waals surface area contributed by atoms with Gasteiger partial charge in [0.25, 0.3) is 0 Å². The van der Waals surface area contributed by atoms with E-state index < -0.39 is 0 Å². The van der Waals surface area contributed by atoms with Crippen LogP contribution in [0.5, 0.6) is 0 Å². The molecule has 1 heterocycles. The minimum atomic E-state index is 0.439. The molecule has 0 bridgehead atoms. The second-order valence-corrected chi connectivity index (χ2v) is 3.19. The van der Waals surface area contributed by atoms with E-state index in [1.807, 2.05) is 13.8 Å². The number of rotatable bonds is 1. The molecule has 0 saturated carbocycles. The van der Waals surface area contributed by atoms with Gasteiger partial charge in [0, 0.05) is 25.0 Å². The van der Waals surface area contributed by atoms with E-state index in [4.69, 9.17) is 5.73 Å². The topological polar surface area (TPSA) is 29.3 Å². The molecule has 1 rings (SSSR count). The minimum absolute atomic E-state index is 0.439. The number of hydrogen-bond acceptors (Lipinski definition) is 2. The molecule has 62 valence electrons. The highest BCUT2D eigenvalue weighted by atomic mass is 15.2. The van der Waals surface area contributed by atoms with Crippen molar-refractivity contribution < 1.29 is 0 Å². The third kappa shape index (κ3) is 2.27. The monoisotopic (exact) mass is 144 g/mol. The Hall–Kier alpha value is -0.0800. The van der Waals surface area contributed by atoms with Crippen molar-refractivity contribution in [1.29, 1.82) is 0 Å². The number of likely N-dealkylation sites (tertiary alicyclic amines) is 1. The Kier molecular flexibility index (Phi) is 3.91. The van der Waals surface area contributed by atoms with Crippen molar-refractivity contribution in [3.8, 4) is 0 Å². The Balaban J connectivity index is 0.000000371. The molecular weight excluding hydrogens is 124 g/mol. The van der Waals surface area contributed by atoms with Crippen LogP contribution in [0.1, 0.15) is 20.8 Å². The first-order chi connectivity index (χ1) is 4.66. The minimum Gasteiger partial charge on any atom is -0.330 e. The average molecular weight is 144 g/mol.